The fourth-order valence-electron chi connectivity index (χ4n) is 4.88. The highest BCUT2D eigenvalue weighted by Crippen LogP contribution is 2.27. The van der Waals surface area contributed by atoms with Crippen LogP contribution in [-0.2, 0) is 19.1 Å². The van der Waals surface area contributed by atoms with Crippen LogP contribution in [-0.4, -0.2) is 46.9 Å². The van der Waals surface area contributed by atoms with Gasteiger partial charge in [0.15, 0.2) is 0 Å². The van der Waals surface area contributed by atoms with Crippen molar-refractivity contribution in [3.8, 4) is 0 Å². The topological polar surface area (TPSA) is 131 Å². The van der Waals surface area contributed by atoms with Crippen molar-refractivity contribution in [2.45, 2.75) is 84.4 Å². The summed E-state index contributed by atoms with van der Waals surface area (Å²) in [5.74, 6) is -1.49. The first kappa shape index (κ1) is 33.1. The number of nitrogens with one attached hydrogen (secondary N) is 2. The van der Waals surface area contributed by atoms with E-state index in [0.29, 0.717) is 17.7 Å². The SMILES string of the molecule is CCCCCN(C(=O)C(CCC(N)=O)NC(=O)OC(C)(C)C)C(C(=O)Nc1ccc2ccccc2c1)c1cccc(C)c1. The number of fused-ring (bicyclic) bond motifs is 1. The first-order chi connectivity index (χ1) is 20.4. The van der Waals surface area contributed by atoms with E-state index in [2.05, 4.69) is 17.6 Å². The second kappa shape index (κ2) is 15.2. The van der Waals surface area contributed by atoms with Crippen LogP contribution in [0.3, 0.4) is 0 Å². The second-order valence-corrected chi connectivity index (χ2v) is 11.8. The number of carbonyl (C=O) groups excluding carboxylic acids is 4. The van der Waals surface area contributed by atoms with Gasteiger partial charge in [-0.05, 0) is 69.0 Å². The van der Waals surface area contributed by atoms with E-state index < -0.39 is 41.5 Å². The number of hydrogen-bond donors (Lipinski definition) is 3. The van der Waals surface area contributed by atoms with Crippen LogP contribution >= 0.6 is 0 Å². The lowest BCUT2D eigenvalue weighted by Crippen LogP contribution is -2.52. The molecule has 230 valence electrons. The Labute approximate surface area is 254 Å². The molecule has 0 aromatic heterocycles. The Bertz CT molecular complexity index is 1430. The molecule has 2 unspecified atom stereocenters. The van der Waals surface area contributed by atoms with Gasteiger partial charge in [0, 0.05) is 18.7 Å². The van der Waals surface area contributed by atoms with Crippen LogP contribution in [0.25, 0.3) is 10.8 Å². The highest BCUT2D eigenvalue weighted by Gasteiger charge is 2.36. The van der Waals surface area contributed by atoms with E-state index in [1.807, 2.05) is 73.7 Å². The van der Waals surface area contributed by atoms with Crippen molar-refractivity contribution in [2.24, 2.45) is 5.73 Å². The van der Waals surface area contributed by atoms with E-state index in [1.54, 1.807) is 20.8 Å². The van der Waals surface area contributed by atoms with Crippen LogP contribution in [0, 0.1) is 6.92 Å². The third-order valence-corrected chi connectivity index (χ3v) is 6.89. The van der Waals surface area contributed by atoms with E-state index >= 15 is 0 Å². The summed E-state index contributed by atoms with van der Waals surface area (Å²) in [5.41, 5.74) is 6.78. The zero-order valence-corrected chi connectivity index (χ0v) is 25.8. The summed E-state index contributed by atoms with van der Waals surface area (Å²) >= 11 is 0. The minimum atomic E-state index is -1.13. The third kappa shape index (κ3) is 10.1. The summed E-state index contributed by atoms with van der Waals surface area (Å²) in [5, 5.41) is 7.66. The van der Waals surface area contributed by atoms with Crippen LogP contribution in [0.4, 0.5) is 10.5 Å². The van der Waals surface area contributed by atoms with Crippen LogP contribution < -0.4 is 16.4 Å². The van der Waals surface area contributed by atoms with Crippen LogP contribution in [0.5, 0.6) is 0 Å². The number of benzene rings is 3. The third-order valence-electron chi connectivity index (χ3n) is 6.89. The number of amides is 4. The molecule has 0 saturated heterocycles. The molecule has 0 spiro atoms. The first-order valence-electron chi connectivity index (χ1n) is 14.8. The maximum Gasteiger partial charge on any atom is 0.408 e. The van der Waals surface area contributed by atoms with E-state index in [9.17, 15) is 19.2 Å². The Hall–Kier alpha value is -4.40. The number of nitrogens with zero attached hydrogens (tertiary/aromatic N) is 1. The molecule has 0 bridgehead atoms. The molecule has 4 amide bonds. The number of alkyl carbamates (subject to hydrolysis) is 1. The number of unbranched alkanes of at least 4 members (excludes halogenated alkanes) is 2. The largest absolute Gasteiger partial charge is 0.444 e. The monoisotopic (exact) mass is 588 g/mol. The van der Waals surface area contributed by atoms with Gasteiger partial charge in [-0.1, -0.05) is 79.9 Å². The Morgan fingerprint density at radius 2 is 1.65 bits per heavy atom. The van der Waals surface area contributed by atoms with Crippen molar-refractivity contribution in [3.05, 3.63) is 77.9 Å². The molecule has 2 atom stereocenters. The van der Waals surface area contributed by atoms with Gasteiger partial charge >= 0.3 is 6.09 Å². The van der Waals surface area contributed by atoms with Crippen molar-refractivity contribution in [1.29, 1.82) is 0 Å². The highest BCUT2D eigenvalue weighted by atomic mass is 16.6. The van der Waals surface area contributed by atoms with Gasteiger partial charge in [-0.15, -0.1) is 0 Å². The zero-order chi connectivity index (χ0) is 31.6. The number of rotatable bonds is 13. The van der Waals surface area contributed by atoms with Crippen LogP contribution in [0.15, 0.2) is 66.7 Å². The molecule has 0 aliphatic heterocycles. The maximum absolute atomic E-state index is 14.3. The van der Waals surface area contributed by atoms with Gasteiger partial charge in [-0.2, -0.15) is 0 Å². The lowest BCUT2D eigenvalue weighted by Gasteiger charge is -2.34. The minimum Gasteiger partial charge on any atom is -0.444 e. The quantitative estimate of drug-likeness (QED) is 0.211. The van der Waals surface area contributed by atoms with Gasteiger partial charge in [-0.3, -0.25) is 14.4 Å². The molecule has 0 fully saturated rings. The number of anilines is 1. The predicted molar refractivity (Wildman–Crippen MR) is 169 cm³/mol. The summed E-state index contributed by atoms with van der Waals surface area (Å²) in [4.78, 5) is 54.4. The number of aryl methyl sites for hydroxylation is 1. The number of carbonyl (C=O) groups is 4. The summed E-state index contributed by atoms with van der Waals surface area (Å²) in [6.07, 6.45) is 1.42. The van der Waals surface area contributed by atoms with E-state index in [0.717, 1.165) is 29.2 Å². The molecular formula is C34H44N4O5. The van der Waals surface area contributed by atoms with Crippen molar-refractivity contribution in [3.63, 3.8) is 0 Å². The van der Waals surface area contributed by atoms with Gasteiger partial charge in [0.2, 0.25) is 11.8 Å². The lowest BCUT2D eigenvalue weighted by atomic mass is 9.99. The Kier molecular flexibility index (Phi) is 11.7. The van der Waals surface area contributed by atoms with Gasteiger partial charge in [0.05, 0.1) is 0 Å². The van der Waals surface area contributed by atoms with E-state index in [-0.39, 0.29) is 19.4 Å². The number of ether oxygens (including phenoxy) is 1. The molecule has 0 aliphatic carbocycles. The van der Waals surface area contributed by atoms with E-state index in [1.165, 1.54) is 4.90 Å². The van der Waals surface area contributed by atoms with Crippen molar-refractivity contribution in [1.82, 2.24) is 10.2 Å². The molecule has 43 heavy (non-hydrogen) atoms. The minimum absolute atomic E-state index is 0.0372. The Balaban J connectivity index is 2.03. The lowest BCUT2D eigenvalue weighted by molar-refractivity contribution is -0.141. The van der Waals surface area contributed by atoms with Crippen molar-refractivity contribution < 1.29 is 23.9 Å². The van der Waals surface area contributed by atoms with E-state index in [4.69, 9.17) is 10.5 Å². The molecule has 0 aliphatic rings. The summed E-state index contributed by atoms with van der Waals surface area (Å²) in [6.45, 7) is 9.39. The zero-order valence-electron chi connectivity index (χ0n) is 25.8. The van der Waals surface area contributed by atoms with Crippen LogP contribution in [0.2, 0.25) is 0 Å². The molecule has 0 saturated carbocycles. The van der Waals surface area contributed by atoms with Gasteiger partial charge < -0.3 is 26.0 Å². The normalized spacial score (nSPS) is 12.7. The Morgan fingerprint density at radius 1 is 0.930 bits per heavy atom. The molecule has 3 aromatic rings. The molecule has 9 nitrogen and oxygen atoms in total. The molecule has 9 heteroatoms. The number of nitrogens with two attached hydrogens (primary N) is 1. The average Bonchev–Trinajstić information content (AvgIpc) is 2.93. The van der Waals surface area contributed by atoms with Gasteiger partial charge in [0.1, 0.15) is 17.7 Å². The molecule has 4 N–H and O–H groups in total. The highest BCUT2D eigenvalue weighted by molar-refractivity contribution is 6.00. The van der Waals surface area contributed by atoms with Gasteiger partial charge in [0.25, 0.3) is 5.91 Å². The number of hydrogen-bond acceptors (Lipinski definition) is 5. The molecule has 3 aromatic carbocycles. The van der Waals surface area contributed by atoms with Gasteiger partial charge in [-0.25, -0.2) is 4.79 Å². The fraction of sp³-hybridized carbons (Fsp3) is 0.412. The first-order valence-corrected chi connectivity index (χ1v) is 14.8. The molecule has 0 radical (unpaired) electrons. The maximum atomic E-state index is 14.3. The smallest absolute Gasteiger partial charge is 0.408 e. The molecular weight excluding hydrogens is 544 g/mol. The Morgan fingerprint density at radius 3 is 2.30 bits per heavy atom. The van der Waals surface area contributed by atoms with Crippen LogP contribution in [0.1, 0.15) is 77.0 Å². The standard InChI is InChI=1S/C34H44N4O5/c1-6-7-10-20-38(32(41)28(18-19-29(35)39)37-33(42)43-34(3,4)5)30(26-15-11-12-23(2)21-26)31(40)36-27-17-16-24-13-8-9-14-25(24)22-27/h8-9,11-17,21-22,28,30H,6-7,10,18-20H2,1-5H3,(H2,35,39)(H,36,40)(H,37,42). The predicted octanol–water partition coefficient (Wildman–Crippen LogP) is 6.01. The summed E-state index contributed by atoms with van der Waals surface area (Å²) in [7, 11) is 0. The summed E-state index contributed by atoms with van der Waals surface area (Å²) < 4.78 is 5.41. The van der Waals surface area contributed by atoms with Crippen molar-refractivity contribution in [2.75, 3.05) is 11.9 Å². The second-order valence-electron chi connectivity index (χ2n) is 11.8. The molecule has 3 rings (SSSR count). The fourth-order valence-corrected chi connectivity index (χ4v) is 4.88. The number of primary amides is 1. The summed E-state index contributed by atoms with van der Waals surface area (Å²) in [6, 6.07) is 18.8. The molecule has 0 heterocycles. The van der Waals surface area contributed by atoms with Crippen molar-refractivity contribution >= 4 is 40.3 Å². The average molecular weight is 589 g/mol.